The standard InChI is InChI=1S/C13H16N4O2/c1-8(15-9(2)18)13-16-10-5-3-4-6-11(10)17(13)7-12(14)19/h3-6,8H,7H2,1-2H3,(H2,14,19)(H,15,18). The van der Waals surface area contributed by atoms with Crippen molar-refractivity contribution >= 4 is 22.8 Å². The third kappa shape index (κ3) is 2.73. The summed E-state index contributed by atoms with van der Waals surface area (Å²) in [6, 6.07) is 7.18. The van der Waals surface area contributed by atoms with Gasteiger partial charge in [-0.2, -0.15) is 0 Å². The molecule has 1 atom stereocenters. The SMILES string of the molecule is CC(=O)NC(C)c1nc2ccccc2n1CC(N)=O. The molecular formula is C13H16N4O2. The van der Waals surface area contributed by atoms with Crippen molar-refractivity contribution in [2.45, 2.75) is 26.4 Å². The number of nitrogens with two attached hydrogens (primary N) is 1. The number of primary amides is 1. The van der Waals surface area contributed by atoms with E-state index in [4.69, 9.17) is 5.73 Å². The van der Waals surface area contributed by atoms with Crippen molar-refractivity contribution in [2.24, 2.45) is 5.73 Å². The number of para-hydroxylation sites is 2. The van der Waals surface area contributed by atoms with Crippen molar-refractivity contribution in [3.63, 3.8) is 0 Å². The molecule has 3 N–H and O–H groups in total. The average molecular weight is 260 g/mol. The van der Waals surface area contributed by atoms with E-state index in [0.29, 0.717) is 5.82 Å². The molecule has 1 aromatic carbocycles. The fourth-order valence-corrected chi connectivity index (χ4v) is 2.12. The maximum Gasteiger partial charge on any atom is 0.237 e. The second kappa shape index (κ2) is 5.09. The largest absolute Gasteiger partial charge is 0.368 e. The van der Waals surface area contributed by atoms with E-state index in [1.807, 2.05) is 31.2 Å². The van der Waals surface area contributed by atoms with E-state index in [0.717, 1.165) is 11.0 Å². The van der Waals surface area contributed by atoms with Gasteiger partial charge in [-0.15, -0.1) is 0 Å². The van der Waals surface area contributed by atoms with Crippen molar-refractivity contribution < 1.29 is 9.59 Å². The number of fused-ring (bicyclic) bond motifs is 1. The Morgan fingerprint density at radius 2 is 2.11 bits per heavy atom. The molecule has 6 nitrogen and oxygen atoms in total. The van der Waals surface area contributed by atoms with Crippen LogP contribution in [0.5, 0.6) is 0 Å². The molecule has 0 spiro atoms. The molecule has 100 valence electrons. The van der Waals surface area contributed by atoms with Gasteiger partial charge in [-0.25, -0.2) is 4.98 Å². The first-order chi connectivity index (χ1) is 8.99. The maximum absolute atomic E-state index is 11.2. The van der Waals surface area contributed by atoms with Crippen molar-refractivity contribution in [3.8, 4) is 0 Å². The van der Waals surface area contributed by atoms with Gasteiger partial charge in [-0.05, 0) is 19.1 Å². The first kappa shape index (κ1) is 13.1. The number of hydrogen-bond acceptors (Lipinski definition) is 3. The highest BCUT2D eigenvalue weighted by atomic mass is 16.1. The topological polar surface area (TPSA) is 90.0 Å². The summed E-state index contributed by atoms with van der Waals surface area (Å²) in [6.45, 7) is 3.30. The molecule has 6 heteroatoms. The van der Waals surface area contributed by atoms with Crippen molar-refractivity contribution in [2.75, 3.05) is 0 Å². The zero-order valence-corrected chi connectivity index (χ0v) is 10.9. The fourth-order valence-electron chi connectivity index (χ4n) is 2.12. The van der Waals surface area contributed by atoms with Crippen LogP contribution in [-0.2, 0) is 16.1 Å². The number of nitrogens with zero attached hydrogens (tertiary/aromatic N) is 2. The summed E-state index contributed by atoms with van der Waals surface area (Å²) in [6.07, 6.45) is 0. The van der Waals surface area contributed by atoms with Crippen LogP contribution in [0.25, 0.3) is 11.0 Å². The predicted octanol–water partition coefficient (Wildman–Crippen LogP) is 0.719. The molecule has 2 aromatic rings. The van der Waals surface area contributed by atoms with Crippen LogP contribution in [-0.4, -0.2) is 21.4 Å². The number of amides is 2. The van der Waals surface area contributed by atoms with Gasteiger partial charge in [0.05, 0.1) is 17.1 Å². The number of imidazole rings is 1. The highest BCUT2D eigenvalue weighted by molar-refractivity contribution is 5.80. The summed E-state index contributed by atoms with van der Waals surface area (Å²) in [5.41, 5.74) is 6.87. The van der Waals surface area contributed by atoms with Crippen LogP contribution < -0.4 is 11.1 Å². The number of aromatic nitrogens is 2. The molecule has 0 fully saturated rings. The Bertz CT molecular complexity index is 633. The minimum atomic E-state index is -0.445. The van der Waals surface area contributed by atoms with E-state index < -0.39 is 5.91 Å². The molecule has 2 rings (SSSR count). The van der Waals surface area contributed by atoms with Crippen molar-refractivity contribution in [3.05, 3.63) is 30.1 Å². The molecule has 1 unspecified atom stereocenters. The molecule has 0 aliphatic rings. The van der Waals surface area contributed by atoms with E-state index in [9.17, 15) is 9.59 Å². The van der Waals surface area contributed by atoms with Gasteiger partial charge in [-0.3, -0.25) is 9.59 Å². The summed E-state index contributed by atoms with van der Waals surface area (Å²) in [5, 5.41) is 2.76. The normalized spacial score (nSPS) is 12.3. The number of nitrogens with one attached hydrogen (secondary N) is 1. The van der Waals surface area contributed by atoms with Gasteiger partial charge in [-0.1, -0.05) is 12.1 Å². The van der Waals surface area contributed by atoms with Gasteiger partial charge in [0.2, 0.25) is 11.8 Å². The van der Waals surface area contributed by atoms with Crippen LogP contribution in [0.2, 0.25) is 0 Å². The van der Waals surface area contributed by atoms with E-state index in [-0.39, 0.29) is 18.5 Å². The summed E-state index contributed by atoms with van der Waals surface area (Å²) >= 11 is 0. The van der Waals surface area contributed by atoms with Gasteiger partial charge in [0.15, 0.2) is 0 Å². The molecule has 0 aliphatic heterocycles. The molecule has 0 saturated carbocycles. The lowest BCUT2D eigenvalue weighted by Gasteiger charge is -2.14. The summed E-state index contributed by atoms with van der Waals surface area (Å²) in [4.78, 5) is 26.8. The van der Waals surface area contributed by atoms with Gasteiger partial charge < -0.3 is 15.6 Å². The Balaban J connectivity index is 2.51. The maximum atomic E-state index is 11.2. The first-order valence-corrected chi connectivity index (χ1v) is 5.99. The third-order valence-corrected chi connectivity index (χ3v) is 2.81. The number of hydrogen-bond donors (Lipinski definition) is 2. The van der Waals surface area contributed by atoms with E-state index in [2.05, 4.69) is 10.3 Å². The molecule has 0 radical (unpaired) electrons. The molecular weight excluding hydrogens is 244 g/mol. The van der Waals surface area contributed by atoms with E-state index >= 15 is 0 Å². The van der Waals surface area contributed by atoms with Crippen LogP contribution in [0.4, 0.5) is 0 Å². The predicted molar refractivity (Wildman–Crippen MR) is 71.2 cm³/mol. The number of carbonyl (C=O) groups is 2. The fraction of sp³-hybridized carbons (Fsp3) is 0.308. The Morgan fingerprint density at radius 1 is 1.42 bits per heavy atom. The van der Waals surface area contributed by atoms with Crippen LogP contribution in [0.3, 0.4) is 0 Å². The Labute approximate surface area is 110 Å². The minimum Gasteiger partial charge on any atom is -0.368 e. The zero-order valence-electron chi connectivity index (χ0n) is 10.9. The Kier molecular flexibility index (Phi) is 3.50. The molecule has 0 saturated heterocycles. The molecule has 0 bridgehead atoms. The van der Waals surface area contributed by atoms with E-state index in [1.54, 1.807) is 4.57 Å². The van der Waals surface area contributed by atoms with Crippen LogP contribution in [0.15, 0.2) is 24.3 Å². The lowest BCUT2D eigenvalue weighted by Crippen LogP contribution is -2.28. The zero-order chi connectivity index (χ0) is 14.0. The molecule has 19 heavy (non-hydrogen) atoms. The lowest BCUT2D eigenvalue weighted by atomic mass is 10.3. The average Bonchev–Trinajstić information content (AvgIpc) is 2.67. The molecule has 0 aliphatic carbocycles. The number of benzene rings is 1. The molecule has 1 aromatic heterocycles. The second-order valence-electron chi connectivity index (χ2n) is 4.43. The minimum absolute atomic E-state index is 0.0414. The monoisotopic (exact) mass is 260 g/mol. The number of carbonyl (C=O) groups excluding carboxylic acids is 2. The summed E-state index contributed by atoms with van der Waals surface area (Å²) in [5.74, 6) is 0.0276. The lowest BCUT2D eigenvalue weighted by molar-refractivity contribution is -0.119. The Hall–Kier alpha value is -2.37. The molecule has 2 amide bonds. The van der Waals surface area contributed by atoms with Gasteiger partial charge in [0.25, 0.3) is 0 Å². The molecule has 1 heterocycles. The first-order valence-electron chi connectivity index (χ1n) is 5.99. The third-order valence-electron chi connectivity index (χ3n) is 2.81. The van der Waals surface area contributed by atoms with Crippen molar-refractivity contribution in [1.29, 1.82) is 0 Å². The van der Waals surface area contributed by atoms with E-state index in [1.165, 1.54) is 6.92 Å². The highest BCUT2D eigenvalue weighted by Crippen LogP contribution is 2.20. The van der Waals surface area contributed by atoms with Gasteiger partial charge in [0, 0.05) is 6.92 Å². The van der Waals surface area contributed by atoms with Gasteiger partial charge >= 0.3 is 0 Å². The van der Waals surface area contributed by atoms with Crippen molar-refractivity contribution in [1.82, 2.24) is 14.9 Å². The second-order valence-corrected chi connectivity index (χ2v) is 4.43. The smallest absolute Gasteiger partial charge is 0.237 e. The van der Waals surface area contributed by atoms with Gasteiger partial charge in [0.1, 0.15) is 12.4 Å². The summed E-state index contributed by atoms with van der Waals surface area (Å²) < 4.78 is 1.73. The highest BCUT2D eigenvalue weighted by Gasteiger charge is 2.18. The summed E-state index contributed by atoms with van der Waals surface area (Å²) in [7, 11) is 0. The quantitative estimate of drug-likeness (QED) is 0.848. The van der Waals surface area contributed by atoms with Crippen LogP contribution in [0, 0.1) is 0 Å². The van der Waals surface area contributed by atoms with Crippen LogP contribution >= 0.6 is 0 Å². The van der Waals surface area contributed by atoms with Crippen LogP contribution in [0.1, 0.15) is 25.7 Å². The Morgan fingerprint density at radius 3 is 2.74 bits per heavy atom. The number of rotatable bonds is 4.